The summed E-state index contributed by atoms with van der Waals surface area (Å²) >= 11 is 0. The van der Waals surface area contributed by atoms with Crippen LogP contribution in [0.15, 0.2) is 243 Å². The van der Waals surface area contributed by atoms with Gasteiger partial charge in [0.15, 0.2) is 0 Å². The molecule has 0 saturated heterocycles. The van der Waals surface area contributed by atoms with Crippen molar-refractivity contribution in [1.82, 2.24) is 0 Å². The Labute approximate surface area is 472 Å². The zero-order valence-corrected chi connectivity index (χ0v) is 48.4. The summed E-state index contributed by atoms with van der Waals surface area (Å²) in [6, 6.07) is 84.1. The maximum Gasteiger partial charge on any atom is 0.0717 e. The maximum atomic E-state index is 5.92. The molecule has 0 radical (unpaired) electrons. The largest absolute Gasteiger partial charge is 0.376 e. The monoisotopic (exact) mass is 1040 g/mol. The van der Waals surface area contributed by atoms with E-state index < -0.39 is 0 Å². The Morgan fingerprint density at radius 3 is 0.654 bits per heavy atom. The van der Waals surface area contributed by atoms with E-state index in [1.807, 2.05) is 24.3 Å². The van der Waals surface area contributed by atoms with Crippen molar-refractivity contribution in [1.29, 1.82) is 0 Å². The SMILES string of the molecule is CC(C)[C@@H](COCc1ccccc1)Cc1ccccc1.CC(C)[C@@H](COCc1ccccc1)c1ccccc1.CC(C)[C@H](COCc1ccccc1)Cc1ccccc1.CC(C)[C@H](COCc1ccccc1)c1ccccc1. The van der Waals surface area contributed by atoms with E-state index >= 15 is 0 Å². The van der Waals surface area contributed by atoms with Crippen LogP contribution >= 0.6 is 0 Å². The molecule has 0 aliphatic rings. The van der Waals surface area contributed by atoms with Crippen LogP contribution in [0.1, 0.15) is 112 Å². The van der Waals surface area contributed by atoms with Crippen molar-refractivity contribution in [3.05, 3.63) is 287 Å². The third-order valence-corrected chi connectivity index (χ3v) is 14.3. The summed E-state index contributed by atoms with van der Waals surface area (Å²) in [6.07, 6.45) is 2.18. The topological polar surface area (TPSA) is 36.9 Å². The Morgan fingerprint density at radius 2 is 0.436 bits per heavy atom. The van der Waals surface area contributed by atoms with Crippen LogP contribution in [0, 0.1) is 35.5 Å². The first kappa shape index (κ1) is 62.4. The Balaban J connectivity index is 0.000000192. The molecule has 0 amide bonds. The van der Waals surface area contributed by atoms with Crippen LogP contribution in [0.25, 0.3) is 0 Å². The van der Waals surface area contributed by atoms with Gasteiger partial charge in [-0.05, 0) is 92.9 Å². The van der Waals surface area contributed by atoms with Crippen molar-refractivity contribution in [3.63, 3.8) is 0 Å². The lowest BCUT2D eigenvalue weighted by atomic mass is 9.89. The van der Waals surface area contributed by atoms with Crippen LogP contribution in [0.2, 0.25) is 0 Å². The molecule has 0 aliphatic carbocycles. The van der Waals surface area contributed by atoms with Gasteiger partial charge in [-0.1, -0.05) is 298 Å². The second-order valence-corrected chi connectivity index (χ2v) is 21.9. The molecule has 0 saturated carbocycles. The molecule has 412 valence electrons. The molecule has 0 aliphatic heterocycles. The zero-order valence-electron chi connectivity index (χ0n) is 48.4. The van der Waals surface area contributed by atoms with Crippen LogP contribution in [0.5, 0.6) is 0 Å². The van der Waals surface area contributed by atoms with Crippen molar-refractivity contribution >= 4 is 0 Å². The fraction of sp³-hybridized carbons (Fsp3) is 0.351. The third-order valence-electron chi connectivity index (χ3n) is 14.3. The van der Waals surface area contributed by atoms with Crippen LogP contribution in [0.3, 0.4) is 0 Å². The van der Waals surface area contributed by atoms with E-state index in [4.69, 9.17) is 18.9 Å². The van der Waals surface area contributed by atoms with Crippen molar-refractivity contribution in [2.45, 2.75) is 106 Å². The van der Waals surface area contributed by atoms with Crippen LogP contribution in [-0.2, 0) is 58.2 Å². The maximum absolute atomic E-state index is 5.92. The summed E-state index contributed by atoms with van der Waals surface area (Å²) < 4.78 is 23.6. The molecule has 0 aromatic heterocycles. The average molecular weight is 1050 g/mol. The molecule has 8 aromatic rings. The van der Waals surface area contributed by atoms with Gasteiger partial charge >= 0.3 is 0 Å². The highest BCUT2D eigenvalue weighted by molar-refractivity contribution is 5.23. The highest BCUT2D eigenvalue weighted by Crippen LogP contribution is 2.27. The lowest BCUT2D eigenvalue weighted by molar-refractivity contribution is 0.0715. The van der Waals surface area contributed by atoms with Crippen LogP contribution < -0.4 is 0 Å². The normalized spacial score (nSPS) is 12.6. The van der Waals surface area contributed by atoms with Gasteiger partial charge in [0.05, 0.1) is 52.9 Å². The molecule has 0 spiro atoms. The van der Waals surface area contributed by atoms with Gasteiger partial charge in [0.25, 0.3) is 0 Å². The minimum atomic E-state index is 0.463. The van der Waals surface area contributed by atoms with E-state index in [9.17, 15) is 0 Å². The number of hydrogen-bond donors (Lipinski definition) is 0. The Kier molecular flexibility index (Phi) is 30.0. The highest BCUT2D eigenvalue weighted by atomic mass is 16.5. The van der Waals surface area contributed by atoms with Crippen molar-refractivity contribution in [2.75, 3.05) is 26.4 Å². The first-order valence-corrected chi connectivity index (χ1v) is 28.7. The molecule has 0 unspecified atom stereocenters. The number of benzene rings is 8. The fourth-order valence-corrected chi connectivity index (χ4v) is 9.12. The van der Waals surface area contributed by atoms with E-state index in [-0.39, 0.29) is 0 Å². The number of hydrogen-bond acceptors (Lipinski definition) is 4. The minimum absolute atomic E-state index is 0.463. The van der Waals surface area contributed by atoms with Crippen LogP contribution in [-0.4, -0.2) is 26.4 Å². The molecule has 8 aromatic carbocycles. The lowest BCUT2D eigenvalue weighted by Crippen LogP contribution is -2.18. The van der Waals surface area contributed by atoms with E-state index in [0.29, 0.717) is 73.8 Å². The van der Waals surface area contributed by atoms with Gasteiger partial charge in [-0.25, -0.2) is 0 Å². The van der Waals surface area contributed by atoms with Gasteiger partial charge in [0.2, 0.25) is 0 Å². The standard InChI is InChI=1S/2C19H24O.2C18H22O/c2*1-16(2)19(13-17-9-5-3-6-10-17)15-20-14-18-11-7-4-8-12-18;2*1-15(2)18(17-11-7-4-8-12-17)14-19-13-16-9-5-3-6-10-16/h2*3-12,16,19H,13-15H2,1-2H3;2*3-12,15,18H,13-14H2,1-2H3/t2*19-;2*18-/m1010/s1. The first-order valence-electron chi connectivity index (χ1n) is 28.7. The van der Waals surface area contributed by atoms with Gasteiger partial charge in [-0.15, -0.1) is 0 Å². The van der Waals surface area contributed by atoms with E-state index in [1.165, 1.54) is 44.5 Å². The minimum Gasteiger partial charge on any atom is -0.376 e. The molecule has 8 rings (SSSR count). The predicted octanol–water partition coefficient (Wildman–Crippen LogP) is 18.7. The van der Waals surface area contributed by atoms with Gasteiger partial charge in [0, 0.05) is 11.8 Å². The number of rotatable bonds is 26. The molecular formula is C74H92O4. The summed E-state index contributed by atoms with van der Waals surface area (Å²) in [5.74, 6) is 4.49. The van der Waals surface area contributed by atoms with Crippen molar-refractivity contribution < 1.29 is 18.9 Å². The molecule has 4 atom stereocenters. The lowest BCUT2D eigenvalue weighted by Gasteiger charge is -2.21. The van der Waals surface area contributed by atoms with Crippen molar-refractivity contribution in [3.8, 4) is 0 Å². The van der Waals surface area contributed by atoms with E-state index in [1.54, 1.807) is 0 Å². The zero-order chi connectivity index (χ0) is 55.4. The molecule has 4 heteroatoms. The average Bonchev–Trinajstić information content (AvgIpc) is 3.47. The Morgan fingerprint density at radius 1 is 0.231 bits per heavy atom. The van der Waals surface area contributed by atoms with Gasteiger partial charge in [-0.3, -0.25) is 0 Å². The summed E-state index contributed by atoms with van der Waals surface area (Å²) in [7, 11) is 0. The molecular weight excluding hydrogens is 953 g/mol. The molecule has 0 bridgehead atoms. The second-order valence-electron chi connectivity index (χ2n) is 21.9. The molecule has 0 N–H and O–H groups in total. The first-order chi connectivity index (χ1) is 38.0. The molecule has 0 fully saturated rings. The predicted molar refractivity (Wildman–Crippen MR) is 329 cm³/mol. The third kappa shape index (κ3) is 25.4. The van der Waals surface area contributed by atoms with Gasteiger partial charge in [-0.2, -0.15) is 0 Å². The Bertz CT molecular complexity index is 2440. The van der Waals surface area contributed by atoms with E-state index in [0.717, 1.165) is 39.3 Å². The number of ether oxygens (including phenoxy) is 4. The van der Waals surface area contributed by atoms with Gasteiger partial charge < -0.3 is 18.9 Å². The smallest absolute Gasteiger partial charge is 0.0717 e. The second kappa shape index (κ2) is 37.4. The molecule has 4 nitrogen and oxygen atoms in total. The highest BCUT2D eigenvalue weighted by Gasteiger charge is 2.18. The van der Waals surface area contributed by atoms with Crippen molar-refractivity contribution in [2.24, 2.45) is 35.5 Å². The molecule has 0 heterocycles. The fourth-order valence-electron chi connectivity index (χ4n) is 9.12. The summed E-state index contributed by atoms with van der Waals surface area (Å²) in [5, 5.41) is 0. The van der Waals surface area contributed by atoms with Gasteiger partial charge in [0.1, 0.15) is 0 Å². The van der Waals surface area contributed by atoms with Crippen LogP contribution in [0.4, 0.5) is 0 Å². The quantitative estimate of drug-likeness (QED) is 0.0542. The summed E-state index contributed by atoms with van der Waals surface area (Å²) in [6.45, 7) is 24.1. The van der Waals surface area contributed by atoms with E-state index in [2.05, 4.69) is 274 Å². The summed E-state index contributed by atoms with van der Waals surface area (Å²) in [4.78, 5) is 0. The summed E-state index contributed by atoms with van der Waals surface area (Å²) in [5.41, 5.74) is 10.5. The molecule has 78 heavy (non-hydrogen) atoms. The Hall–Kier alpha value is -6.40.